The van der Waals surface area contributed by atoms with E-state index in [1.807, 2.05) is 96.9 Å². The highest BCUT2D eigenvalue weighted by molar-refractivity contribution is 9.10. The van der Waals surface area contributed by atoms with Gasteiger partial charge in [0.05, 0.1) is 44.7 Å². The fourth-order valence-electron chi connectivity index (χ4n) is 12.0. The molecule has 100 heavy (non-hydrogen) atoms. The SMILES string of the molecule is CC1(C)OB(B2OC(C)(C)C(C)(C)O2)OC1(C)C.CN(C)C(=O)[C@]12C[C@H]1[C@@](C)(c1cc(B3OC(C)(C)C(C)(C)O3)ccc1F)N=C(N(COCC[Si](C)(C)C)C(=O)OC(C)(C)C)S2.CN(C)C(=O)[C@]12C[C@H]1[C@@](C)(c1cc(Br)ccc1F)N=C(N(COCC[Si](C)(C)C)C(=O)OC(C)(C)C)S2. The molecule has 5 heterocycles. The molecule has 4 amide bonds. The first-order valence-electron chi connectivity index (χ1n) is 34.7. The lowest BCUT2D eigenvalue weighted by atomic mass is 9.49. The second-order valence-corrected chi connectivity index (χ2v) is 50.4. The van der Waals surface area contributed by atoms with Gasteiger partial charge in [0, 0.05) is 85.0 Å². The van der Waals surface area contributed by atoms with E-state index in [1.165, 1.54) is 45.5 Å². The average Bonchev–Trinajstić information content (AvgIpc) is 1.52. The van der Waals surface area contributed by atoms with Crippen LogP contribution in [0.1, 0.15) is 162 Å². The third-order valence-electron chi connectivity index (χ3n) is 20.3. The Labute approximate surface area is 615 Å². The molecule has 30 heteroatoms. The van der Waals surface area contributed by atoms with Gasteiger partial charge in [-0.1, -0.05) is 90.9 Å². The Morgan fingerprint density at radius 2 is 0.860 bits per heavy atom. The number of nitrogens with zero attached hydrogens (tertiary/aromatic N) is 6. The van der Waals surface area contributed by atoms with E-state index in [0.29, 0.717) is 52.3 Å². The summed E-state index contributed by atoms with van der Waals surface area (Å²) in [6.07, 6.45) is -0.266. The maximum absolute atomic E-state index is 16.0. The molecule has 20 nitrogen and oxygen atoms in total. The lowest BCUT2D eigenvalue weighted by Crippen LogP contribution is -2.49. The minimum Gasteiger partial charge on any atom is -0.443 e. The fourth-order valence-corrected chi connectivity index (χ4v) is 17.3. The second kappa shape index (κ2) is 29.1. The maximum atomic E-state index is 16.0. The minimum atomic E-state index is -1.39. The lowest BCUT2D eigenvalue weighted by Gasteiger charge is -2.38. The van der Waals surface area contributed by atoms with Crippen LogP contribution in [0.25, 0.3) is 0 Å². The predicted molar refractivity (Wildman–Crippen MR) is 406 cm³/mol. The van der Waals surface area contributed by atoms with Crippen molar-refractivity contribution in [3.63, 3.8) is 0 Å². The van der Waals surface area contributed by atoms with Crippen LogP contribution in [0.2, 0.25) is 51.4 Å². The molecule has 5 fully saturated rings. The predicted octanol–water partition coefficient (Wildman–Crippen LogP) is 14.4. The Kier molecular flexibility index (Phi) is 24.4. The van der Waals surface area contributed by atoms with E-state index in [2.05, 4.69) is 55.2 Å². The fraction of sp³-hybridized carbons (Fsp3) is 0.743. The van der Waals surface area contributed by atoms with Crippen molar-refractivity contribution in [1.29, 1.82) is 0 Å². The van der Waals surface area contributed by atoms with Crippen molar-refractivity contribution in [1.82, 2.24) is 19.6 Å². The second-order valence-electron chi connectivity index (χ2n) is 35.7. The van der Waals surface area contributed by atoms with Gasteiger partial charge in [0.2, 0.25) is 11.8 Å². The summed E-state index contributed by atoms with van der Waals surface area (Å²) in [4.78, 5) is 70.2. The summed E-state index contributed by atoms with van der Waals surface area (Å²) < 4.78 is 90.0. The van der Waals surface area contributed by atoms with Gasteiger partial charge in [-0.05, 0) is 193 Å². The molecule has 2 saturated carbocycles. The molecule has 558 valence electrons. The third-order valence-corrected chi connectivity index (χ3v) is 27.2. The van der Waals surface area contributed by atoms with E-state index < -0.39 is 104 Å². The largest absolute Gasteiger partial charge is 0.494 e. The summed E-state index contributed by atoms with van der Waals surface area (Å²) >= 11 is 5.95. The van der Waals surface area contributed by atoms with Gasteiger partial charge in [-0.2, -0.15) is 0 Å². The van der Waals surface area contributed by atoms with Crippen LogP contribution in [0.4, 0.5) is 18.4 Å². The molecule has 2 aliphatic carbocycles. The molecule has 0 aromatic heterocycles. The van der Waals surface area contributed by atoms with Crippen LogP contribution >= 0.6 is 39.5 Å². The molecule has 6 atom stereocenters. The first-order valence-corrected chi connectivity index (χ1v) is 44.5. The summed E-state index contributed by atoms with van der Waals surface area (Å²) in [5, 5.41) is 0.567. The number of hydrogen-bond donors (Lipinski definition) is 0. The van der Waals surface area contributed by atoms with E-state index in [0.717, 1.165) is 12.1 Å². The summed E-state index contributed by atoms with van der Waals surface area (Å²) in [5.74, 6) is -1.61. The molecule has 3 saturated heterocycles. The number of amidine groups is 2. The van der Waals surface area contributed by atoms with Gasteiger partial charge < -0.3 is 56.7 Å². The van der Waals surface area contributed by atoms with Gasteiger partial charge in [-0.25, -0.2) is 28.2 Å². The topological polar surface area (TPSA) is 198 Å². The van der Waals surface area contributed by atoms with E-state index in [-0.39, 0.29) is 64.7 Å². The van der Waals surface area contributed by atoms with Gasteiger partial charge >= 0.3 is 33.3 Å². The smallest absolute Gasteiger partial charge is 0.443 e. The zero-order chi connectivity index (χ0) is 75.9. The van der Waals surface area contributed by atoms with Crippen molar-refractivity contribution in [2.75, 3.05) is 54.9 Å². The molecule has 2 aromatic carbocycles. The molecular formula is C70H114B3BrF2N6O14S2Si2. The standard InChI is InChI=1S/C32H51BFN3O6SSi.C26H39BrFN3O4SSi.C12H24B2O4/c1-28(2,3)41-27(39)37(20-40-16-17-45(11,12)13)26-35-31(8,24-19-32(24,44-26)25(38)36(9)10)22-18-21(14-15-23(22)34)33-42-29(4,5)30(6,7)43-33;1-24(2,3)35-23(33)31(16-34-12-13-37(7,8)9)22-29-25(4,18-14-17(27)10-11-19(18)28)20-15-26(20,36-22)21(32)30(5)6;1-9(2)10(3,4)16-13(15-9)14-17-11(5,6)12(7,8)18-14/h14-15,18,24H,16-17,19-20H2,1-13H3;10-11,14,20H,12-13,15-16H2,1-9H3;1-8H3/t24-,31+,32-;20-,25+,26-;/m00./s1. The van der Waals surface area contributed by atoms with Crippen LogP contribution < -0.4 is 5.46 Å². The summed E-state index contributed by atoms with van der Waals surface area (Å²) in [7, 11) is 2.44. The lowest BCUT2D eigenvalue weighted by molar-refractivity contribution is -0.130. The van der Waals surface area contributed by atoms with Crippen LogP contribution in [0.3, 0.4) is 0 Å². The van der Waals surface area contributed by atoms with Crippen LogP contribution in [-0.4, -0.2) is 200 Å². The quantitative estimate of drug-likeness (QED) is 0.0872. The normalized spacial score (nSPS) is 27.2. The van der Waals surface area contributed by atoms with E-state index in [9.17, 15) is 19.2 Å². The van der Waals surface area contributed by atoms with E-state index >= 15 is 8.78 Å². The van der Waals surface area contributed by atoms with E-state index in [1.54, 1.807) is 104 Å². The number of hydrogen-bond acceptors (Lipinski definition) is 18. The highest BCUT2D eigenvalue weighted by Crippen LogP contribution is 2.69. The Balaban J connectivity index is 0.000000228. The van der Waals surface area contributed by atoms with Crippen LogP contribution in [0.15, 0.2) is 50.9 Å². The number of benzene rings is 2. The van der Waals surface area contributed by atoms with Crippen LogP contribution in [-0.2, 0) is 67.5 Å². The Morgan fingerprint density at radius 3 is 1.18 bits per heavy atom. The number of carbonyl (C=O) groups is 4. The van der Waals surface area contributed by atoms with Gasteiger partial charge in [-0.3, -0.25) is 19.6 Å². The number of aliphatic imine (C=N–C) groups is 2. The van der Waals surface area contributed by atoms with Crippen LogP contribution in [0.5, 0.6) is 0 Å². The number of halogens is 3. The monoisotopic (exact) mass is 1530 g/mol. The molecule has 7 aliphatic rings. The first kappa shape index (κ1) is 83.9. The first-order chi connectivity index (χ1) is 45.2. The third kappa shape index (κ3) is 18.5. The van der Waals surface area contributed by atoms with Gasteiger partial charge in [0.15, 0.2) is 10.3 Å². The number of thioether (sulfide) groups is 2. The van der Waals surface area contributed by atoms with E-state index in [4.69, 9.17) is 56.9 Å². The number of amides is 4. The summed E-state index contributed by atoms with van der Waals surface area (Å²) in [5.41, 5.74) is -5.02. The van der Waals surface area contributed by atoms with Crippen molar-refractivity contribution in [3.05, 3.63) is 63.6 Å². The highest BCUT2D eigenvalue weighted by atomic mass is 79.9. The van der Waals surface area contributed by atoms with Crippen molar-refractivity contribution >= 4 is 117 Å². The molecule has 0 spiro atoms. The van der Waals surface area contributed by atoms with Crippen LogP contribution in [0, 0.1) is 23.5 Å². The number of ether oxygens (including phenoxy) is 4. The van der Waals surface area contributed by atoms with Gasteiger partial charge in [-0.15, -0.1) is 0 Å². The molecule has 0 bridgehead atoms. The zero-order valence-corrected chi connectivity index (χ0v) is 70.6. The summed E-state index contributed by atoms with van der Waals surface area (Å²) in [6, 6.07) is 11.4. The zero-order valence-electron chi connectivity index (χ0n) is 65.4. The van der Waals surface area contributed by atoms with Crippen molar-refractivity contribution in [3.8, 4) is 0 Å². The molecule has 9 rings (SSSR count). The molecule has 0 unspecified atom stereocenters. The Bertz CT molecular complexity index is 3380. The summed E-state index contributed by atoms with van der Waals surface area (Å²) in [6.45, 7) is 52.8. The highest BCUT2D eigenvalue weighted by Gasteiger charge is 2.74. The number of rotatable bonds is 16. The van der Waals surface area contributed by atoms with Crippen molar-refractivity contribution in [2.45, 2.75) is 268 Å². The number of carbonyl (C=O) groups excluding carboxylic acids is 4. The molecule has 0 N–H and O–H groups in total. The minimum absolute atomic E-state index is 0.0703. The molecule has 0 radical (unpaired) electrons. The maximum Gasteiger partial charge on any atom is 0.494 e. The van der Waals surface area contributed by atoms with Crippen molar-refractivity contribution in [2.24, 2.45) is 21.8 Å². The average molecular weight is 1530 g/mol. The van der Waals surface area contributed by atoms with Crippen molar-refractivity contribution < 1.29 is 74.8 Å². The Morgan fingerprint density at radius 1 is 0.540 bits per heavy atom. The molecule has 5 aliphatic heterocycles. The Hall–Kier alpha value is -3.39. The van der Waals surface area contributed by atoms with Gasteiger partial charge in [0.1, 0.15) is 45.8 Å². The van der Waals surface area contributed by atoms with Gasteiger partial charge in [0.25, 0.3) is 0 Å². The molecular weight excluding hydrogens is 1420 g/mol. The molecule has 2 aromatic rings. The number of fused-ring (bicyclic) bond motifs is 2.